The molecule has 0 aromatic heterocycles. The molecule has 4 heteroatoms. The number of carbonyl (C=O) groups excluding carboxylic acids is 2. The molecule has 0 bridgehead atoms. The van der Waals surface area contributed by atoms with Crippen molar-refractivity contribution < 1.29 is 9.59 Å². The average molecular weight is 156 g/mol. The van der Waals surface area contributed by atoms with E-state index < -0.39 is 0 Å². The molecule has 0 aromatic carbocycles. The van der Waals surface area contributed by atoms with Gasteiger partial charge in [0.1, 0.15) is 0 Å². The highest BCUT2D eigenvalue weighted by atomic mass is 16.2. The van der Waals surface area contributed by atoms with E-state index in [2.05, 4.69) is 5.32 Å². The number of likely N-dealkylation sites (tertiary alicyclic amines) is 1. The van der Waals surface area contributed by atoms with Crippen LogP contribution in [0.3, 0.4) is 0 Å². The van der Waals surface area contributed by atoms with Crippen LogP contribution in [0.2, 0.25) is 0 Å². The highest BCUT2D eigenvalue weighted by Crippen LogP contribution is 2.10. The van der Waals surface area contributed by atoms with Crippen molar-refractivity contribution in [2.75, 3.05) is 14.1 Å². The SMILES string of the molecule is CNC1CCC(=O)N(C)C1=O. The number of piperidine rings is 1. The minimum atomic E-state index is -0.169. The van der Waals surface area contributed by atoms with Gasteiger partial charge in [-0.3, -0.25) is 14.5 Å². The molecular weight excluding hydrogens is 144 g/mol. The summed E-state index contributed by atoms with van der Waals surface area (Å²) < 4.78 is 0. The lowest BCUT2D eigenvalue weighted by Crippen LogP contribution is -2.50. The maximum atomic E-state index is 11.2. The molecule has 0 radical (unpaired) electrons. The van der Waals surface area contributed by atoms with E-state index in [9.17, 15) is 9.59 Å². The number of imide groups is 1. The van der Waals surface area contributed by atoms with Gasteiger partial charge >= 0.3 is 0 Å². The van der Waals surface area contributed by atoms with E-state index in [1.807, 2.05) is 0 Å². The molecule has 0 spiro atoms. The Morgan fingerprint density at radius 1 is 1.55 bits per heavy atom. The molecule has 1 saturated heterocycles. The van der Waals surface area contributed by atoms with E-state index >= 15 is 0 Å². The first-order valence-corrected chi connectivity index (χ1v) is 3.64. The van der Waals surface area contributed by atoms with Crippen molar-refractivity contribution >= 4 is 11.8 Å². The number of amides is 2. The van der Waals surface area contributed by atoms with Crippen LogP contribution >= 0.6 is 0 Å². The van der Waals surface area contributed by atoms with Crippen LogP contribution in [0.4, 0.5) is 0 Å². The molecule has 2 amide bonds. The molecule has 1 N–H and O–H groups in total. The fourth-order valence-corrected chi connectivity index (χ4v) is 1.18. The quantitative estimate of drug-likeness (QED) is 0.513. The van der Waals surface area contributed by atoms with Crippen molar-refractivity contribution in [3.05, 3.63) is 0 Å². The molecule has 62 valence electrons. The highest BCUT2D eigenvalue weighted by molar-refractivity contribution is 5.99. The lowest BCUT2D eigenvalue weighted by molar-refractivity contribution is -0.147. The Kier molecular flexibility index (Phi) is 2.24. The Balaban J connectivity index is 2.67. The number of likely N-dealkylation sites (N-methyl/N-ethyl adjacent to an activating group) is 2. The monoisotopic (exact) mass is 156 g/mol. The lowest BCUT2D eigenvalue weighted by atomic mass is 10.1. The number of rotatable bonds is 1. The molecule has 0 aromatic rings. The molecule has 11 heavy (non-hydrogen) atoms. The molecule has 1 rings (SSSR count). The molecule has 4 nitrogen and oxygen atoms in total. The highest BCUT2D eigenvalue weighted by Gasteiger charge is 2.30. The van der Waals surface area contributed by atoms with E-state index in [-0.39, 0.29) is 17.9 Å². The summed E-state index contributed by atoms with van der Waals surface area (Å²) in [6, 6.07) is -0.169. The predicted molar refractivity (Wildman–Crippen MR) is 39.9 cm³/mol. The molecular formula is C7H12N2O2. The predicted octanol–water partition coefficient (Wildman–Crippen LogP) is -0.647. The molecule has 1 aliphatic rings. The Morgan fingerprint density at radius 2 is 2.18 bits per heavy atom. The zero-order valence-corrected chi connectivity index (χ0v) is 6.76. The van der Waals surface area contributed by atoms with Gasteiger partial charge < -0.3 is 5.32 Å². The Morgan fingerprint density at radius 3 is 2.73 bits per heavy atom. The summed E-state index contributed by atoms with van der Waals surface area (Å²) in [6.45, 7) is 0. The van der Waals surface area contributed by atoms with Gasteiger partial charge in [-0.05, 0) is 13.5 Å². The molecule has 1 heterocycles. The number of carbonyl (C=O) groups is 2. The summed E-state index contributed by atoms with van der Waals surface area (Å²) >= 11 is 0. The Labute approximate surface area is 65.6 Å². The van der Waals surface area contributed by atoms with Gasteiger partial charge in [0.15, 0.2) is 0 Å². The van der Waals surface area contributed by atoms with Crippen LogP contribution in [0.25, 0.3) is 0 Å². The van der Waals surface area contributed by atoms with Gasteiger partial charge in [0.25, 0.3) is 0 Å². The topological polar surface area (TPSA) is 49.4 Å². The lowest BCUT2D eigenvalue weighted by Gasteiger charge is -2.26. The molecule has 1 fully saturated rings. The molecule has 1 unspecified atom stereocenters. The maximum Gasteiger partial charge on any atom is 0.246 e. The van der Waals surface area contributed by atoms with Gasteiger partial charge in [-0.2, -0.15) is 0 Å². The summed E-state index contributed by atoms with van der Waals surface area (Å²) in [5.41, 5.74) is 0. The first-order valence-electron chi connectivity index (χ1n) is 3.64. The van der Waals surface area contributed by atoms with Crippen LogP contribution in [0.15, 0.2) is 0 Å². The summed E-state index contributed by atoms with van der Waals surface area (Å²) in [5, 5.41) is 2.86. The second-order valence-electron chi connectivity index (χ2n) is 2.67. The summed E-state index contributed by atoms with van der Waals surface area (Å²) in [5.74, 6) is -0.203. The van der Waals surface area contributed by atoms with Gasteiger partial charge in [-0.1, -0.05) is 0 Å². The number of hydrogen-bond acceptors (Lipinski definition) is 3. The second-order valence-corrected chi connectivity index (χ2v) is 2.67. The second kappa shape index (κ2) is 3.00. The maximum absolute atomic E-state index is 11.2. The summed E-state index contributed by atoms with van der Waals surface area (Å²) in [7, 11) is 3.25. The zero-order valence-electron chi connectivity index (χ0n) is 6.76. The number of nitrogens with one attached hydrogen (secondary N) is 1. The minimum Gasteiger partial charge on any atom is -0.309 e. The third-order valence-electron chi connectivity index (χ3n) is 2.00. The van der Waals surface area contributed by atoms with Crippen molar-refractivity contribution in [2.45, 2.75) is 18.9 Å². The van der Waals surface area contributed by atoms with Gasteiger partial charge in [-0.15, -0.1) is 0 Å². The number of hydrogen-bond donors (Lipinski definition) is 1. The third kappa shape index (κ3) is 1.40. The minimum absolute atomic E-state index is 0.0819. The van der Waals surface area contributed by atoms with E-state index in [0.29, 0.717) is 12.8 Å². The first kappa shape index (κ1) is 8.20. The van der Waals surface area contributed by atoms with Crippen molar-refractivity contribution in [3.8, 4) is 0 Å². The Bertz CT molecular complexity index is 191. The van der Waals surface area contributed by atoms with Crippen LogP contribution < -0.4 is 5.32 Å². The van der Waals surface area contributed by atoms with Crippen molar-refractivity contribution in [3.63, 3.8) is 0 Å². The van der Waals surface area contributed by atoms with Crippen LogP contribution in [0, 0.1) is 0 Å². The van der Waals surface area contributed by atoms with Crippen LogP contribution in [-0.4, -0.2) is 36.9 Å². The largest absolute Gasteiger partial charge is 0.309 e. The van der Waals surface area contributed by atoms with E-state index in [0.717, 1.165) is 0 Å². The van der Waals surface area contributed by atoms with Gasteiger partial charge in [0.2, 0.25) is 11.8 Å². The molecule has 1 aliphatic heterocycles. The smallest absolute Gasteiger partial charge is 0.246 e. The zero-order chi connectivity index (χ0) is 8.43. The van der Waals surface area contributed by atoms with Crippen LogP contribution in [0.1, 0.15) is 12.8 Å². The summed E-state index contributed by atoms with van der Waals surface area (Å²) in [6.07, 6.45) is 1.09. The normalized spacial score (nSPS) is 26.0. The average Bonchev–Trinajstić information content (AvgIpc) is 2.01. The fraction of sp³-hybridized carbons (Fsp3) is 0.714. The third-order valence-corrected chi connectivity index (χ3v) is 2.00. The van der Waals surface area contributed by atoms with Crippen molar-refractivity contribution in [1.29, 1.82) is 0 Å². The van der Waals surface area contributed by atoms with E-state index in [1.54, 1.807) is 7.05 Å². The van der Waals surface area contributed by atoms with Gasteiger partial charge in [0.05, 0.1) is 6.04 Å². The Hall–Kier alpha value is -0.900. The van der Waals surface area contributed by atoms with Crippen molar-refractivity contribution in [2.24, 2.45) is 0 Å². The molecule has 0 saturated carbocycles. The van der Waals surface area contributed by atoms with E-state index in [1.165, 1.54) is 11.9 Å². The van der Waals surface area contributed by atoms with Crippen LogP contribution in [0.5, 0.6) is 0 Å². The number of nitrogens with zero attached hydrogens (tertiary/aromatic N) is 1. The van der Waals surface area contributed by atoms with Crippen molar-refractivity contribution in [1.82, 2.24) is 10.2 Å². The fourth-order valence-electron chi connectivity index (χ4n) is 1.18. The van der Waals surface area contributed by atoms with Gasteiger partial charge in [-0.25, -0.2) is 0 Å². The standard InChI is InChI=1S/C7H12N2O2/c1-8-5-3-4-6(10)9(2)7(5)11/h5,8H,3-4H2,1-2H3. The first-order chi connectivity index (χ1) is 5.16. The van der Waals surface area contributed by atoms with Gasteiger partial charge in [0, 0.05) is 13.5 Å². The summed E-state index contributed by atoms with van der Waals surface area (Å²) in [4.78, 5) is 23.3. The van der Waals surface area contributed by atoms with E-state index in [4.69, 9.17) is 0 Å². The molecule has 1 atom stereocenters. The molecule has 0 aliphatic carbocycles. The van der Waals surface area contributed by atoms with Crippen LogP contribution in [-0.2, 0) is 9.59 Å².